The lowest BCUT2D eigenvalue weighted by Gasteiger charge is -2.15. The Labute approximate surface area is 113 Å². The normalized spacial score (nSPS) is 10.5. The average Bonchev–Trinajstić information content (AvgIpc) is 2.37. The summed E-state index contributed by atoms with van der Waals surface area (Å²) in [6.07, 6.45) is 0.155. The van der Waals surface area contributed by atoms with Crippen molar-refractivity contribution in [2.45, 2.75) is 26.5 Å². The standard InChI is InChI=1S/C16H19NO2/c1-12(2)19-16-9-4-3-6-13(16)11-17-14-7-5-8-15(18)10-14/h3-10,12,17-18H,11H2,1-2H3. The Balaban J connectivity index is 2.07. The fourth-order valence-electron chi connectivity index (χ4n) is 1.83. The van der Waals surface area contributed by atoms with Gasteiger partial charge in [-0.1, -0.05) is 24.3 Å². The molecule has 100 valence electrons. The highest BCUT2D eigenvalue weighted by atomic mass is 16.5. The highest BCUT2D eigenvalue weighted by Gasteiger charge is 2.04. The van der Waals surface area contributed by atoms with Crippen molar-refractivity contribution < 1.29 is 9.84 Å². The molecule has 0 aliphatic heterocycles. The Morgan fingerprint density at radius 3 is 2.63 bits per heavy atom. The van der Waals surface area contributed by atoms with Crippen LogP contribution in [0.1, 0.15) is 19.4 Å². The van der Waals surface area contributed by atoms with Crippen LogP contribution in [0.2, 0.25) is 0 Å². The number of phenolic OH excluding ortho intramolecular Hbond substituents is 1. The van der Waals surface area contributed by atoms with E-state index in [4.69, 9.17) is 4.74 Å². The maximum atomic E-state index is 9.42. The molecule has 0 spiro atoms. The first-order valence-corrected chi connectivity index (χ1v) is 6.42. The summed E-state index contributed by atoms with van der Waals surface area (Å²) in [7, 11) is 0. The van der Waals surface area contributed by atoms with E-state index in [1.165, 1.54) is 0 Å². The lowest BCUT2D eigenvalue weighted by Crippen LogP contribution is -2.09. The molecule has 0 aliphatic rings. The van der Waals surface area contributed by atoms with E-state index in [0.29, 0.717) is 6.54 Å². The summed E-state index contributed by atoms with van der Waals surface area (Å²) in [6, 6.07) is 15.1. The van der Waals surface area contributed by atoms with Gasteiger partial charge in [-0.15, -0.1) is 0 Å². The van der Waals surface area contributed by atoms with Crippen LogP contribution in [-0.2, 0) is 6.54 Å². The van der Waals surface area contributed by atoms with Crippen LogP contribution in [-0.4, -0.2) is 11.2 Å². The fourth-order valence-corrected chi connectivity index (χ4v) is 1.83. The van der Waals surface area contributed by atoms with E-state index in [9.17, 15) is 5.11 Å². The molecule has 0 saturated heterocycles. The smallest absolute Gasteiger partial charge is 0.124 e. The Bertz CT molecular complexity index is 538. The molecule has 0 saturated carbocycles. The maximum Gasteiger partial charge on any atom is 0.124 e. The zero-order valence-electron chi connectivity index (χ0n) is 11.3. The van der Waals surface area contributed by atoms with Crippen LogP contribution < -0.4 is 10.1 Å². The first kappa shape index (κ1) is 13.3. The van der Waals surface area contributed by atoms with Crippen LogP contribution in [0.25, 0.3) is 0 Å². The third-order valence-corrected chi connectivity index (χ3v) is 2.66. The van der Waals surface area contributed by atoms with Crippen molar-refractivity contribution in [3.63, 3.8) is 0 Å². The number of benzene rings is 2. The molecule has 0 radical (unpaired) electrons. The fraction of sp³-hybridized carbons (Fsp3) is 0.250. The van der Waals surface area contributed by atoms with Crippen LogP contribution in [0.5, 0.6) is 11.5 Å². The number of hydrogen-bond donors (Lipinski definition) is 2. The lowest BCUT2D eigenvalue weighted by atomic mass is 10.2. The molecule has 3 heteroatoms. The Hall–Kier alpha value is -2.16. The summed E-state index contributed by atoms with van der Waals surface area (Å²) in [6.45, 7) is 4.69. The van der Waals surface area contributed by atoms with E-state index < -0.39 is 0 Å². The molecule has 0 aromatic heterocycles. The molecule has 0 fully saturated rings. The van der Waals surface area contributed by atoms with Crippen LogP contribution in [0.3, 0.4) is 0 Å². The lowest BCUT2D eigenvalue weighted by molar-refractivity contribution is 0.240. The number of nitrogens with one attached hydrogen (secondary N) is 1. The molecule has 0 atom stereocenters. The van der Waals surface area contributed by atoms with Gasteiger partial charge in [0.2, 0.25) is 0 Å². The first-order valence-electron chi connectivity index (χ1n) is 6.42. The van der Waals surface area contributed by atoms with Gasteiger partial charge in [-0.05, 0) is 32.0 Å². The van der Waals surface area contributed by atoms with Crippen molar-refractivity contribution in [3.8, 4) is 11.5 Å². The summed E-state index contributed by atoms with van der Waals surface area (Å²) in [5.41, 5.74) is 1.99. The first-order chi connectivity index (χ1) is 9.15. The van der Waals surface area contributed by atoms with Crippen molar-refractivity contribution in [1.82, 2.24) is 0 Å². The number of ether oxygens (including phenoxy) is 1. The van der Waals surface area contributed by atoms with Gasteiger partial charge in [-0.25, -0.2) is 0 Å². The van der Waals surface area contributed by atoms with E-state index >= 15 is 0 Å². The molecule has 2 aromatic carbocycles. The number of para-hydroxylation sites is 1. The number of anilines is 1. The van der Waals surface area contributed by atoms with Crippen molar-refractivity contribution in [3.05, 3.63) is 54.1 Å². The van der Waals surface area contributed by atoms with Gasteiger partial charge >= 0.3 is 0 Å². The van der Waals surface area contributed by atoms with Gasteiger partial charge in [0, 0.05) is 23.9 Å². The van der Waals surface area contributed by atoms with Crippen LogP contribution in [0.15, 0.2) is 48.5 Å². The summed E-state index contributed by atoms with van der Waals surface area (Å²) in [5.74, 6) is 1.15. The second kappa shape index (κ2) is 6.14. The predicted octanol–water partition coefficient (Wildman–Crippen LogP) is 3.79. The zero-order chi connectivity index (χ0) is 13.7. The average molecular weight is 257 g/mol. The van der Waals surface area contributed by atoms with E-state index in [2.05, 4.69) is 5.32 Å². The van der Waals surface area contributed by atoms with E-state index in [-0.39, 0.29) is 11.9 Å². The minimum atomic E-state index is 0.155. The summed E-state index contributed by atoms with van der Waals surface area (Å²) >= 11 is 0. The molecular formula is C16H19NO2. The van der Waals surface area contributed by atoms with Crippen molar-refractivity contribution >= 4 is 5.69 Å². The molecule has 3 nitrogen and oxygen atoms in total. The van der Waals surface area contributed by atoms with Gasteiger partial charge in [0.05, 0.1) is 6.10 Å². The monoisotopic (exact) mass is 257 g/mol. The number of phenols is 1. The van der Waals surface area contributed by atoms with Crippen molar-refractivity contribution in [2.24, 2.45) is 0 Å². The Morgan fingerprint density at radius 2 is 1.89 bits per heavy atom. The number of hydrogen-bond acceptors (Lipinski definition) is 3. The molecule has 0 heterocycles. The highest BCUT2D eigenvalue weighted by molar-refractivity contribution is 5.49. The number of aromatic hydroxyl groups is 1. The molecule has 0 aliphatic carbocycles. The minimum absolute atomic E-state index is 0.155. The molecule has 0 amide bonds. The number of rotatable bonds is 5. The van der Waals surface area contributed by atoms with Gasteiger partial charge in [0.25, 0.3) is 0 Å². The van der Waals surface area contributed by atoms with E-state index in [0.717, 1.165) is 17.0 Å². The molecule has 19 heavy (non-hydrogen) atoms. The van der Waals surface area contributed by atoms with E-state index in [1.54, 1.807) is 12.1 Å². The predicted molar refractivity (Wildman–Crippen MR) is 77.6 cm³/mol. The van der Waals surface area contributed by atoms with Gasteiger partial charge in [-0.2, -0.15) is 0 Å². The third-order valence-electron chi connectivity index (χ3n) is 2.66. The molecule has 2 aromatic rings. The van der Waals surface area contributed by atoms with Gasteiger partial charge < -0.3 is 15.2 Å². The summed E-state index contributed by atoms with van der Waals surface area (Å²) in [4.78, 5) is 0. The molecule has 0 bridgehead atoms. The largest absolute Gasteiger partial charge is 0.508 e. The summed E-state index contributed by atoms with van der Waals surface area (Å²) in [5, 5.41) is 12.7. The second-order valence-corrected chi connectivity index (χ2v) is 4.68. The SMILES string of the molecule is CC(C)Oc1ccccc1CNc1cccc(O)c1. The molecule has 2 N–H and O–H groups in total. The van der Waals surface area contributed by atoms with Crippen LogP contribution >= 0.6 is 0 Å². The molecule has 2 rings (SSSR count). The zero-order valence-corrected chi connectivity index (χ0v) is 11.3. The van der Waals surface area contributed by atoms with Gasteiger partial charge in [0.1, 0.15) is 11.5 Å². The Kier molecular flexibility index (Phi) is 4.29. The molecular weight excluding hydrogens is 238 g/mol. The van der Waals surface area contributed by atoms with Gasteiger partial charge in [0.15, 0.2) is 0 Å². The van der Waals surface area contributed by atoms with Crippen molar-refractivity contribution in [1.29, 1.82) is 0 Å². The highest BCUT2D eigenvalue weighted by Crippen LogP contribution is 2.22. The Morgan fingerprint density at radius 1 is 1.11 bits per heavy atom. The van der Waals surface area contributed by atoms with Crippen molar-refractivity contribution in [2.75, 3.05) is 5.32 Å². The second-order valence-electron chi connectivity index (χ2n) is 4.68. The molecule has 0 unspecified atom stereocenters. The topological polar surface area (TPSA) is 41.5 Å². The third kappa shape index (κ3) is 3.91. The summed E-state index contributed by atoms with van der Waals surface area (Å²) < 4.78 is 5.77. The van der Waals surface area contributed by atoms with Gasteiger partial charge in [-0.3, -0.25) is 0 Å². The van der Waals surface area contributed by atoms with E-state index in [1.807, 2.05) is 50.2 Å². The van der Waals surface area contributed by atoms with Crippen LogP contribution in [0.4, 0.5) is 5.69 Å². The minimum Gasteiger partial charge on any atom is -0.508 e. The maximum absolute atomic E-state index is 9.42. The van der Waals surface area contributed by atoms with Crippen LogP contribution in [0, 0.1) is 0 Å². The quantitative estimate of drug-likeness (QED) is 0.856.